The molecular formula is C13H16ClN3O. The highest BCUT2D eigenvalue weighted by atomic mass is 35.5. The van der Waals surface area contributed by atoms with Gasteiger partial charge in [0.15, 0.2) is 0 Å². The van der Waals surface area contributed by atoms with Crippen LogP contribution in [0.15, 0.2) is 18.2 Å². The molecule has 5 heteroatoms. The molecule has 0 saturated heterocycles. The van der Waals surface area contributed by atoms with Crippen molar-refractivity contribution in [3.8, 4) is 6.07 Å². The molecule has 1 aromatic rings. The molecule has 0 bridgehead atoms. The number of carbonyl (C=O) groups is 1. The van der Waals surface area contributed by atoms with Crippen molar-refractivity contribution in [3.05, 3.63) is 34.3 Å². The molecule has 96 valence electrons. The number of halogens is 1. The Kier molecular flexibility index (Phi) is 5.63. The SMILES string of the molecule is CCN(CC(=O)NC)Cc1ccc(C#N)cc1Cl. The van der Waals surface area contributed by atoms with Crippen molar-refractivity contribution >= 4 is 17.5 Å². The molecule has 4 nitrogen and oxygen atoms in total. The first-order chi connectivity index (χ1) is 8.60. The Balaban J connectivity index is 2.76. The van der Waals surface area contributed by atoms with Gasteiger partial charge in [-0.1, -0.05) is 24.6 Å². The smallest absolute Gasteiger partial charge is 0.233 e. The summed E-state index contributed by atoms with van der Waals surface area (Å²) in [7, 11) is 1.62. The Morgan fingerprint density at radius 3 is 2.78 bits per heavy atom. The number of rotatable bonds is 5. The predicted molar refractivity (Wildman–Crippen MR) is 71.2 cm³/mol. The van der Waals surface area contributed by atoms with E-state index in [9.17, 15) is 4.79 Å². The van der Waals surface area contributed by atoms with Gasteiger partial charge >= 0.3 is 0 Å². The van der Waals surface area contributed by atoms with Crippen molar-refractivity contribution in [2.24, 2.45) is 0 Å². The van der Waals surface area contributed by atoms with Crippen LogP contribution in [0.2, 0.25) is 5.02 Å². The number of hydrogen-bond acceptors (Lipinski definition) is 3. The molecule has 0 aliphatic carbocycles. The quantitative estimate of drug-likeness (QED) is 0.883. The van der Waals surface area contributed by atoms with Crippen LogP contribution in [-0.2, 0) is 11.3 Å². The monoisotopic (exact) mass is 265 g/mol. The largest absolute Gasteiger partial charge is 0.358 e. The maximum absolute atomic E-state index is 11.3. The van der Waals surface area contributed by atoms with E-state index in [4.69, 9.17) is 16.9 Å². The summed E-state index contributed by atoms with van der Waals surface area (Å²) >= 11 is 6.10. The highest BCUT2D eigenvalue weighted by Gasteiger charge is 2.10. The molecule has 0 spiro atoms. The fourth-order valence-corrected chi connectivity index (χ4v) is 1.79. The number of amides is 1. The van der Waals surface area contributed by atoms with Crippen molar-refractivity contribution in [1.82, 2.24) is 10.2 Å². The second-order valence-electron chi connectivity index (χ2n) is 3.89. The third-order valence-corrected chi connectivity index (χ3v) is 3.02. The van der Waals surface area contributed by atoms with Gasteiger partial charge in [-0.05, 0) is 24.2 Å². The van der Waals surface area contributed by atoms with E-state index in [1.807, 2.05) is 24.0 Å². The molecular weight excluding hydrogens is 250 g/mol. The lowest BCUT2D eigenvalue weighted by molar-refractivity contribution is -0.121. The normalized spacial score (nSPS) is 10.2. The highest BCUT2D eigenvalue weighted by molar-refractivity contribution is 6.31. The third kappa shape index (κ3) is 4.02. The first-order valence-corrected chi connectivity index (χ1v) is 6.10. The summed E-state index contributed by atoms with van der Waals surface area (Å²) in [5.41, 5.74) is 1.46. The van der Waals surface area contributed by atoms with E-state index in [0.717, 1.165) is 12.1 Å². The van der Waals surface area contributed by atoms with Crippen molar-refractivity contribution in [3.63, 3.8) is 0 Å². The molecule has 0 radical (unpaired) electrons. The lowest BCUT2D eigenvalue weighted by atomic mass is 10.1. The first kappa shape index (κ1) is 14.5. The lowest BCUT2D eigenvalue weighted by Gasteiger charge is -2.20. The van der Waals surface area contributed by atoms with E-state index in [0.29, 0.717) is 23.7 Å². The average Bonchev–Trinajstić information content (AvgIpc) is 2.39. The molecule has 1 aromatic carbocycles. The topological polar surface area (TPSA) is 56.1 Å². The summed E-state index contributed by atoms with van der Waals surface area (Å²) in [5.74, 6) is -0.0263. The Morgan fingerprint density at radius 2 is 2.28 bits per heavy atom. The number of nitrogens with one attached hydrogen (secondary N) is 1. The van der Waals surface area contributed by atoms with Crippen LogP contribution in [0.25, 0.3) is 0 Å². The number of carbonyl (C=O) groups excluding carboxylic acids is 1. The Bertz CT molecular complexity index is 468. The second kappa shape index (κ2) is 7.00. The number of nitrogens with zero attached hydrogens (tertiary/aromatic N) is 2. The van der Waals surface area contributed by atoms with E-state index in [1.165, 1.54) is 0 Å². The summed E-state index contributed by atoms with van der Waals surface area (Å²) in [5, 5.41) is 11.9. The fourth-order valence-electron chi connectivity index (χ4n) is 1.55. The van der Waals surface area contributed by atoms with E-state index >= 15 is 0 Å². The lowest BCUT2D eigenvalue weighted by Crippen LogP contribution is -2.35. The number of benzene rings is 1. The maximum Gasteiger partial charge on any atom is 0.233 e. The minimum Gasteiger partial charge on any atom is -0.358 e. The predicted octanol–water partition coefficient (Wildman–Crippen LogP) is 1.78. The van der Waals surface area contributed by atoms with E-state index in [1.54, 1.807) is 19.2 Å². The van der Waals surface area contributed by atoms with Crippen LogP contribution >= 0.6 is 11.6 Å². The van der Waals surface area contributed by atoms with Crippen molar-refractivity contribution in [2.45, 2.75) is 13.5 Å². The van der Waals surface area contributed by atoms with Gasteiger partial charge in [-0.15, -0.1) is 0 Å². The minimum absolute atomic E-state index is 0.0263. The van der Waals surface area contributed by atoms with Gasteiger partial charge in [0.1, 0.15) is 0 Å². The molecule has 0 unspecified atom stereocenters. The van der Waals surface area contributed by atoms with E-state index in [2.05, 4.69) is 5.32 Å². The van der Waals surface area contributed by atoms with Gasteiger partial charge < -0.3 is 5.32 Å². The molecule has 1 N–H and O–H groups in total. The van der Waals surface area contributed by atoms with E-state index in [-0.39, 0.29) is 5.91 Å². The van der Waals surface area contributed by atoms with Gasteiger partial charge in [0, 0.05) is 18.6 Å². The molecule has 1 amide bonds. The van der Waals surface area contributed by atoms with Gasteiger partial charge in [0.25, 0.3) is 0 Å². The van der Waals surface area contributed by atoms with Gasteiger partial charge in [-0.25, -0.2) is 0 Å². The van der Waals surface area contributed by atoms with Gasteiger partial charge in [-0.2, -0.15) is 5.26 Å². The molecule has 18 heavy (non-hydrogen) atoms. The maximum atomic E-state index is 11.3. The standard InChI is InChI=1S/C13H16ClN3O/c1-3-17(9-13(18)16-2)8-11-5-4-10(7-15)6-12(11)14/h4-6H,3,8-9H2,1-2H3,(H,16,18). The summed E-state index contributed by atoms with van der Waals surface area (Å²) in [4.78, 5) is 13.3. The van der Waals surface area contributed by atoms with Crippen LogP contribution in [0.3, 0.4) is 0 Å². The zero-order chi connectivity index (χ0) is 13.5. The van der Waals surface area contributed by atoms with Gasteiger partial charge in [-0.3, -0.25) is 9.69 Å². The molecule has 0 aliphatic rings. The zero-order valence-electron chi connectivity index (χ0n) is 10.5. The molecule has 0 heterocycles. The highest BCUT2D eigenvalue weighted by Crippen LogP contribution is 2.19. The molecule has 0 fully saturated rings. The molecule has 1 rings (SSSR count). The zero-order valence-corrected chi connectivity index (χ0v) is 11.3. The molecule has 0 atom stereocenters. The third-order valence-electron chi connectivity index (χ3n) is 2.67. The van der Waals surface area contributed by atoms with Crippen molar-refractivity contribution in [1.29, 1.82) is 5.26 Å². The van der Waals surface area contributed by atoms with Crippen molar-refractivity contribution < 1.29 is 4.79 Å². The number of hydrogen-bond donors (Lipinski definition) is 1. The van der Waals surface area contributed by atoms with Crippen molar-refractivity contribution in [2.75, 3.05) is 20.1 Å². The Morgan fingerprint density at radius 1 is 1.56 bits per heavy atom. The van der Waals surface area contributed by atoms with E-state index < -0.39 is 0 Å². The van der Waals surface area contributed by atoms with Crippen LogP contribution in [0.5, 0.6) is 0 Å². The van der Waals surface area contributed by atoms with Crippen LogP contribution in [0.4, 0.5) is 0 Å². The molecule has 0 aromatic heterocycles. The minimum atomic E-state index is -0.0263. The van der Waals surface area contributed by atoms with Gasteiger partial charge in [0.2, 0.25) is 5.91 Å². The van der Waals surface area contributed by atoms with Crippen LogP contribution in [0, 0.1) is 11.3 Å². The summed E-state index contributed by atoms with van der Waals surface area (Å²) in [6.45, 7) is 3.67. The number of likely N-dealkylation sites (N-methyl/N-ethyl adjacent to an activating group) is 2. The Hall–Kier alpha value is -1.57. The summed E-state index contributed by atoms with van der Waals surface area (Å²) in [6.07, 6.45) is 0. The Labute approximate surface area is 112 Å². The first-order valence-electron chi connectivity index (χ1n) is 5.72. The van der Waals surface area contributed by atoms with Crippen LogP contribution in [-0.4, -0.2) is 30.9 Å². The summed E-state index contributed by atoms with van der Waals surface area (Å²) in [6, 6.07) is 7.24. The number of nitriles is 1. The van der Waals surface area contributed by atoms with Crippen LogP contribution in [0.1, 0.15) is 18.1 Å². The average molecular weight is 266 g/mol. The van der Waals surface area contributed by atoms with Crippen LogP contribution < -0.4 is 5.32 Å². The summed E-state index contributed by atoms with van der Waals surface area (Å²) < 4.78 is 0. The second-order valence-corrected chi connectivity index (χ2v) is 4.30. The fraction of sp³-hybridized carbons (Fsp3) is 0.385. The molecule has 0 saturated carbocycles. The van der Waals surface area contributed by atoms with Gasteiger partial charge in [0.05, 0.1) is 18.2 Å². The molecule has 0 aliphatic heterocycles.